The zero-order valence-corrected chi connectivity index (χ0v) is 15.0. The maximum atomic E-state index is 12.6. The van der Waals surface area contributed by atoms with E-state index in [0.717, 1.165) is 23.4 Å². The maximum absolute atomic E-state index is 12.6. The number of hydrogen-bond donors (Lipinski definition) is 2. The van der Waals surface area contributed by atoms with Crippen molar-refractivity contribution in [3.05, 3.63) is 59.2 Å². The van der Waals surface area contributed by atoms with Crippen molar-refractivity contribution in [2.24, 2.45) is 0 Å². The molecule has 0 saturated carbocycles. The minimum Gasteiger partial charge on any atom is -0.497 e. The van der Waals surface area contributed by atoms with Crippen molar-refractivity contribution >= 4 is 17.6 Å². The molecule has 9 heteroatoms. The zero-order chi connectivity index (χ0) is 20.7. The highest BCUT2D eigenvalue weighted by molar-refractivity contribution is 5.96. The Bertz CT molecular complexity index is 836. The molecule has 3 N–H and O–H groups in total. The molecule has 0 atom stereocenters. The highest BCUT2D eigenvalue weighted by Crippen LogP contribution is 2.31. The maximum Gasteiger partial charge on any atom is 0.416 e. The number of anilines is 1. The summed E-state index contributed by atoms with van der Waals surface area (Å²) in [6.45, 7) is -0.243. The van der Waals surface area contributed by atoms with Crippen LogP contribution in [0.1, 0.15) is 21.5 Å². The van der Waals surface area contributed by atoms with Gasteiger partial charge in [0.25, 0.3) is 5.91 Å². The van der Waals surface area contributed by atoms with Crippen LogP contribution in [0.3, 0.4) is 0 Å². The number of hydrogen-bond acceptors (Lipinski definition) is 5. The molecule has 6 nitrogen and oxygen atoms in total. The number of ether oxygens (including phenoxy) is 2. The van der Waals surface area contributed by atoms with Gasteiger partial charge in [-0.25, -0.2) is 4.79 Å². The van der Waals surface area contributed by atoms with Crippen LogP contribution in [0.4, 0.5) is 18.9 Å². The fraction of sp³-hybridized carbons (Fsp3) is 0.263. The number of rotatable bonds is 7. The Morgan fingerprint density at radius 3 is 2.36 bits per heavy atom. The summed E-state index contributed by atoms with van der Waals surface area (Å²) in [7, 11) is 1.56. The number of alkyl halides is 3. The van der Waals surface area contributed by atoms with Gasteiger partial charge in [0, 0.05) is 12.2 Å². The summed E-state index contributed by atoms with van der Waals surface area (Å²) in [5, 5.41) is 2.58. The zero-order valence-electron chi connectivity index (χ0n) is 15.0. The smallest absolute Gasteiger partial charge is 0.416 e. The Hall–Kier alpha value is -3.23. The molecule has 0 spiro atoms. The number of benzene rings is 2. The predicted molar refractivity (Wildman–Crippen MR) is 95.8 cm³/mol. The van der Waals surface area contributed by atoms with Gasteiger partial charge in [0.2, 0.25) is 0 Å². The fourth-order valence-corrected chi connectivity index (χ4v) is 2.32. The Morgan fingerprint density at radius 1 is 1.11 bits per heavy atom. The van der Waals surface area contributed by atoms with Gasteiger partial charge in [-0.05, 0) is 42.3 Å². The van der Waals surface area contributed by atoms with Gasteiger partial charge < -0.3 is 20.5 Å². The third-order valence-corrected chi connectivity index (χ3v) is 3.83. The van der Waals surface area contributed by atoms with E-state index in [0.29, 0.717) is 19.0 Å². The fourth-order valence-electron chi connectivity index (χ4n) is 2.32. The average molecular weight is 396 g/mol. The highest BCUT2D eigenvalue weighted by atomic mass is 19.4. The minimum atomic E-state index is -4.57. The number of nitrogens with one attached hydrogen (secondary N) is 1. The van der Waals surface area contributed by atoms with Crippen molar-refractivity contribution in [3.8, 4) is 5.75 Å². The lowest BCUT2D eigenvalue weighted by atomic mass is 10.1. The molecular weight excluding hydrogens is 377 g/mol. The van der Waals surface area contributed by atoms with Crippen molar-refractivity contribution < 1.29 is 32.2 Å². The molecule has 0 fully saturated rings. The predicted octanol–water partition coefficient (Wildman–Crippen LogP) is 2.81. The molecule has 0 bridgehead atoms. The molecule has 2 rings (SSSR count). The number of halogens is 3. The number of nitrogens with two attached hydrogens (primary N) is 1. The molecule has 2 aromatic carbocycles. The van der Waals surface area contributed by atoms with Gasteiger partial charge in [-0.1, -0.05) is 12.1 Å². The van der Waals surface area contributed by atoms with Crippen molar-refractivity contribution in [2.45, 2.75) is 12.6 Å². The van der Waals surface area contributed by atoms with E-state index in [1.807, 2.05) is 12.1 Å². The van der Waals surface area contributed by atoms with Gasteiger partial charge in [-0.2, -0.15) is 13.2 Å². The van der Waals surface area contributed by atoms with E-state index in [1.54, 1.807) is 19.2 Å². The first-order valence-corrected chi connectivity index (χ1v) is 8.24. The monoisotopic (exact) mass is 396 g/mol. The van der Waals surface area contributed by atoms with Crippen LogP contribution in [0.25, 0.3) is 0 Å². The second kappa shape index (κ2) is 9.12. The van der Waals surface area contributed by atoms with E-state index in [9.17, 15) is 22.8 Å². The molecule has 0 heterocycles. The second-order valence-electron chi connectivity index (χ2n) is 5.82. The molecule has 0 aliphatic rings. The quantitative estimate of drug-likeness (QED) is 0.555. The molecule has 0 aromatic heterocycles. The van der Waals surface area contributed by atoms with Gasteiger partial charge in [0.15, 0.2) is 6.61 Å². The van der Waals surface area contributed by atoms with E-state index in [-0.39, 0.29) is 11.3 Å². The van der Waals surface area contributed by atoms with Crippen molar-refractivity contribution in [3.63, 3.8) is 0 Å². The van der Waals surface area contributed by atoms with Crippen LogP contribution in [-0.4, -0.2) is 32.1 Å². The SMILES string of the molecule is COc1ccc(CCNC(=O)COC(=O)c2ccc(C(F)(F)F)cc2N)cc1. The lowest BCUT2D eigenvalue weighted by molar-refractivity contribution is -0.137. The number of carbonyl (C=O) groups is 2. The minimum absolute atomic E-state index is 0.237. The van der Waals surface area contributed by atoms with E-state index < -0.39 is 30.2 Å². The van der Waals surface area contributed by atoms with Crippen LogP contribution >= 0.6 is 0 Å². The largest absolute Gasteiger partial charge is 0.497 e. The van der Waals surface area contributed by atoms with Gasteiger partial charge in [-0.15, -0.1) is 0 Å². The molecule has 1 amide bonds. The Kier molecular flexibility index (Phi) is 6.86. The molecule has 150 valence electrons. The van der Waals surface area contributed by atoms with Gasteiger partial charge in [-0.3, -0.25) is 4.79 Å². The average Bonchev–Trinajstić information content (AvgIpc) is 2.66. The number of amides is 1. The van der Waals surface area contributed by atoms with Crippen molar-refractivity contribution in [1.82, 2.24) is 5.32 Å². The summed E-state index contributed by atoms with van der Waals surface area (Å²) in [4.78, 5) is 23.7. The highest BCUT2D eigenvalue weighted by Gasteiger charge is 2.31. The molecule has 28 heavy (non-hydrogen) atoms. The lowest BCUT2D eigenvalue weighted by Gasteiger charge is -2.11. The first-order chi connectivity index (χ1) is 13.2. The Labute approximate surface area is 159 Å². The normalized spacial score (nSPS) is 11.0. The van der Waals surface area contributed by atoms with Crippen LogP contribution in [0.15, 0.2) is 42.5 Å². The summed E-state index contributed by atoms with van der Waals surface area (Å²) in [5.74, 6) is -0.786. The van der Waals surface area contributed by atoms with Gasteiger partial charge in [0.05, 0.1) is 18.2 Å². The summed E-state index contributed by atoms with van der Waals surface area (Å²) in [6.07, 6.45) is -4.00. The number of nitrogen functional groups attached to an aromatic ring is 1. The topological polar surface area (TPSA) is 90.6 Å². The van der Waals surface area contributed by atoms with Crippen LogP contribution in [0, 0.1) is 0 Å². The van der Waals surface area contributed by atoms with Gasteiger partial charge in [0.1, 0.15) is 5.75 Å². The third-order valence-electron chi connectivity index (χ3n) is 3.83. The molecule has 0 radical (unpaired) electrons. The summed E-state index contributed by atoms with van der Waals surface area (Å²) >= 11 is 0. The van der Waals surface area contributed by atoms with Crippen LogP contribution < -0.4 is 15.8 Å². The summed E-state index contributed by atoms with van der Waals surface area (Å²) < 4.78 is 47.7. The van der Waals surface area contributed by atoms with Gasteiger partial charge >= 0.3 is 12.1 Å². The van der Waals surface area contributed by atoms with E-state index >= 15 is 0 Å². The van der Waals surface area contributed by atoms with E-state index in [4.69, 9.17) is 15.2 Å². The Morgan fingerprint density at radius 2 is 1.79 bits per heavy atom. The molecule has 0 saturated heterocycles. The first-order valence-electron chi connectivity index (χ1n) is 8.24. The standard InChI is InChI=1S/C19H19F3N2O4/c1-27-14-5-2-12(3-6-14)8-9-24-17(25)11-28-18(26)15-7-4-13(10-16(15)23)19(20,21)22/h2-7,10H,8-9,11,23H2,1H3,(H,24,25). The van der Waals surface area contributed by atoms with E-state index in [2.05, 4.69) is 5.32 Å². The molecule has 0 aliphatic heterocycles. The first kappa shape index (κ1) is 21.1. The molecule has 0 unspecified atom stereocenters. The molecule has 2 aromatic rings. The lowest BCUT2D eigenvalue weighted by Crippen LogP contribution is -2.30. The Balaban J connectivity index is 1.79. The van der Waals surface area contributed by atoms with Crippen molar-refractivity contribution in [2.75, 3.05) is 26.0 Å². The third kappa shape index (κ3) is 5.90. The number of carbonyl (C=O) groups excluding carboxylic acids is 2. The molecular formula is C19H19F3N2O4. The van der Waals surface area contributed by atoms with Crippen molar-refractivity contribution in [1.29, 1.82) is 0 Å². The number of esters is 1. The van der Waals surface area contributed by atoms with Crippen LogP contribution in [-0.2, 0) is 22.1 Å². The number of methoxy groups -OCH3 is 1. The van der Waals surface area contributed by atoms with E-state index in [1.165, 1.54) is 0 Å². The summed E-state index contributed by atoms with van der Waals surface area (Å²) in [6, 6.07) is 9.60. The van der Waals surface area contributed by atoms with Crippen LogP contribution in [0.2, 0.25) is 0 Å². The summed E-state index contributed by atoms with van der Waals surface area (Å²) in [5.41, 5.74) is 4.88. The second-order valence-corrected chi connectivity index (χ2v) is 5.82. The molecule has 0 aliphatic carbocycles. The van der Waals surface area contributed by atoms with Crippen LogP contribution in [0.5, 0.6) is 5.75 Å².